The fraction of sp³-hybridized carbons (Fsp3) is 0.583. The lowest BCUT2D eigenvalue weighted by atomic mass is 10.0. The van der Waals surface area contributed by atoms with Gasteiger partial charge in [-0.15, -0.1) is 0 Å². The number of hydrogen-bond donors (Lipinski definition) is 2. The van der Waals surface area contributed by atoms with Crippen LogP contribution in [0.2, 0.25) is 0 Å². The molecule has 1 unspecified atom stereocenters. The predicted octanol–water partition coefficient (Wildman–Crippen LogP) is 1.45. The van der Waals surface area contributed by atoms with E-state index in [1.54, 1.807) is 7.05 Å². The van der Waals surface area contributed by atoms with E-state index in [1.807, 2.05) is 32.9 Å². The van der Waals surface area contributed by atoms with Gasteiger partial charge in [-0.05, 0) is 25.0 Å². The molecule has 0 aliphatic carbocycles. The molecule has 2 N–H and O–H groups in total. The van der Waals surface area contributed by atoms with Gasteiger partial charge in [-0.25, -0.2) is 0 Å². The van der Waals surface area contributed by atoms with Crippen LogP contribution in [-0.2, 0) is 11.3 Å². The van der Waals surface area contributed by atoms with Gasteiger partial charge in [0.1, 0.15) is 11.5 Å². The maximum atomic E-state index is 11.6. The number of carbonyl (C=O) groups excluding carboxylic acids is 1. The van der Waals surface area contributed by atoms with Crippen LogP contribution in [0.15, 0.2) is 16.5 Å². The van der Waals surface area contributed by atoms with Gasteiger partial charge in [0, 0.05) is 7.05 Å². The minimum Gasteiger partial charge on any atom is -0.465 e. The maximum absolute atomic E-state index is 11.6. The molecule has 0 aliphatic rings. The zero-order valence-electron chi connectivity index (χ0n) is 10.3. The molecule has 0 saturated carbocycles. The molecule has 1 atom stereocenters. The lowest BCUT2D eigenvalue weighted by Crippen LogP contribution is -2.45. The number of nitrogens with one attached hydrogen (secondary N) is 2. The van der Waals surface area contributed by atoms with E-state index in [4.69, 9.17) is 4.42 Å². The smallest absolute Gasteiger partial charge is 0.237 e. The maximum Gasteiger partial charge on any atom is 0.237 e. The first-order valence-electron chi connectivity index (χ1n) is 5.55. The van der Waals surface area contributed by atoms with Crippen molar-refractivity contribution in [3.05, 3.63) is 23.7 Å². The molecule has 90 valence electrons. The summed E-state index contributed by atoms with van der Waals surface area (Å²) in [5, 5.41) is 5.85. The minimum atomic E-state index is -0.185. The molecule has 1 amide bonds. The molecule has 0 aromatic carbocycles. The Morgan fingerprint density at radius 2 is 2.12 bits per heavy atom. The van der Waals surface area contributed by atoms with Crippen LogP contribution in [0, 0.1) is 12.8 Å². The number of rotatable bonds is 5. The Balaban J connectivity index is 2.53. The zero-order chi connectivity index (χ0) is 12.1. The third kappa shape index (κ3) is 3.38. The van der Waals surface area contributed by atoms with E-state index in [1.165, 1.54) is 0 Å². The summed E-state index contributed by atoms with van der Waals surface area (Å²) in [6, 6.07) is 3.65. The minimum absolute atomic E-state index is 0.0123. The second kappa shape index (κ2) is 5.70. The lowest BCUT2D eigenvalue weighted by Gasteiger charge is -2.20. The highest BCUT2D eigenvalue weighted by molar-refractivity contribution is 5.81. The summed E-state index contributed by atoms with van der Waals surface area (Å²) >= 11 is 0. The summed E-state index contributed by atoms with van der Waals surface area (Å²) in [7, 11) is 1.65. The second-order valence-electron chi connectivity index (χ2n) is 4.23. The number of likely N-dealkylation sites (N-methyl/N-ethyl adjacent to an activating group) is 1. The van der Waals surface area contributed by atoms with Crippen molar-refractivity contribution in [2.75, 3.05) is 7.05 Å². The van der Waals surface area contributed by atoms with Crippen LogP contribution in [0.25, 0.3) is 0 Å². The Hall–Kier alpha value is -1.29. The molecule has 1 rings (SSSR count). The SMILES string of the molecule is CNC(=O)C(NCc1ccc(C)o1)C(C)C. The summed E-state index contributed by atoms with van der Waals surface area (Å²) in [5.41, 5.74) is 0. The average molecular weight is 224 g/mol. The third-order valence-electron chi connectivity index (χ3n) is 2.49. The molecule has 4 nitrogen and oxygen atoms in total. The Labute approximate surface area is 96.4 Å². The predicted molar refractivity (Wildman–Crippen MR) is 63.0 cm³/mol. The zero-order valence-corrected chi connectivity index (χ0v) is 10.3. The Morgan fingerprint density at radius 1 is 1.44 bits per heavy atom. The summed E-state index contributed by atoms with van der Waals surface area (Å²) in [6.45, 7) is 6.51. The van der Waals surface area contributed by atoms with Gasteiger partial charge in [0.15, 0.2) is 0 Å². The van der Waals surface area contributed by atoms with Gasteiger partial charge in [0.05, 0.1) is 12.6 Å². The number of amides is 1. The highest BCUT2D eigenvalue weighted by atomic mass is 16.3. The number of hydrogen-bond acceptors (Lipinski definition) is 3. The molecule has 0 bridgehead atoms. The number of aryl methyl sites for hydroxylation is 1. The monoisotopic (exact) mass is 224 g/mol. The normalized spacial score (nSPS) is 12.8. The van der Waals surface area contributed by atoms with Crippen molar-refractivity contribution in [1.29, 1.82) is 0 Å². The Bertz CT molecular complexity index is 345. The van der Waals surface area contributed by atoms with E-state index in [-0.39, 0.29) is 17.9 Å². The lowest BCUT2D eigenvalue weighted by molar-refractivity contribution is -0.123. The van der Waals surface area contributed by atoms with E-state index >= 15 is 0 Å². The largest absolute Gasteiger partial charge is 0.465 e. The Morgan fingerprint density at radius 3 is 2.56 bits per heavy atom. The summed E-state index contributed by atoms with van der Waals surface area (Å²) in [6.07, 6.45) is 0. The van der Waals surface area contributed by atoms with Crippen molar-refractivity contribution < 1.29 is 9.21 Å². The summed E-state index contributed by atoms with van der Waals surface area (Å²) < 4.78 is 5.43. The number of carbonyl (C=O) groups is 1. The molecular formula is C12H20N2O2. The summed E-state index contributed by atoms with van der Waals surface area (Å²) in [4.78, 5) is 11.6. The standard InChI is InChI=1S/C12H20N2O2/c1-8(2)11(12(15)13-4)14-7-10-6-5-9(3)16-10/h5-6,8,11,14H,7H2,1-4H3,(H,13,15). The third-order valence-corrected chi connectivity index (χ3v) is 2.49. The molecule has 0 radical (unpaired) electrons. The topological polar surface area (TPSA) is 54.3 Å². The van der Waals surface area contributed by atoms with Gasteiger partial charge in [-0.3, -0.25) is 10.1 Å². The first kappa shape index (κ1) is 12.8. The van der Waals surface area contributed by atoms with E-state index < -0.39 is 0 Å². The highest BCUT2D eigenvalue weighted by Gasteiger charge is 2.20. The van der Waals surface area contributed by atoms with Crippen LogP contribution in [0.4, 0.5) is 0 Å². The molecule has 16 heavy (non-hydrogen) atoms. The van der Waals surface area contributed by atoms with Crippen molar-refractivity contribution in [3.63, 3.8) is 0 Å². The van der Waals surface area contributed by atoms with E-state index in [0.29, 0.717) is 6.54 Å². The molecule has 1 aromatic heterocycles. The molecule has 0 spiro atoms. The quantitative estimate of drug-likeness (QED) is 0.796. The summed E-state index contributed by atoms with van der Waals surface area (Å²) in [5.74, 6) is 2.00. The average Bonchev–Trinajstić information content (AvgIpc) is 2.63. The van der Waals surface area contributed by atoms with Gasteiger partial charge in [-0.2, -0.15) is 0 Å². The van der Waals surface area contributed by atoms with Gasteiger partial charge in [-0.1, -0.05) is 13.8 Å². The first-order valence-corrected chi connectivity index (χ1v) is 5.55. The van der Waals surface area contributed by atoms with Crippen LogP contribution in [-0.4, -0.2) is 19.0 Å². The first-order chi connectivity index (χ1) is 7.54. The fourth-order valence-corrected chi connectivity index (χ4v) is 1.58. The van der Waals surface area contributed by atoms with Crippen molar-refractivity contribution >= 4 is 5.91 Å². The molecule has 1 aromatic rings. The van der Waals surface area contributed by atoms with E-state index in [9.17, 15) is 4.79 Å². The van der Waals surface area contributed by atoms with E-state index in [2.05, 4.69) is 10.6 Å². The molecule has 0 aliphatic heterocycles. The van der Waals surface area contributed by atoms with Crippen LogP contribution in [0.5, 0.6) is 0 Å². The number of furan rings is 1. The van der Waals surface area contributed by atoms with Gasteiger partial charge >= 0.3 is 0 Å². The molecule has 4 heteroatoms. The molecule has 1 heterocycles. The molecule has 0 saturated heterocycles. The Kier molecular flexibility index (Phi) is 4.55. The molecular weight excluding hydrogens is 204 g/mol. The van der Waals surface area contributed by atoms with Crippen LogP contribution < -0.4 is 10.6 Å². The van der Waals surface area contributed by atoms with Crippen molar-refractivity contribution in [2.24, 2.45) is 5.92 Å². The highest BCUT2D eigenvalue weighted by Crippen LogP contribution is 2.08. The second-order valence-corrected chi connectivity index (χ2v) is 4.23. The van der Waals surface area contributed by atoms with Crippen LogP contribution >= 0.6 is 0 Å². The molecule has 0 fully saturated rings. The van der Waals surface area contributed by atoms with Crippen molar-refractivity contribution in [3.8, 4) is 0 Å². The fourth-order valence-electron chi connectivity index (χ4n) is 1.58. The van der Waals surface area contributed by atoms with Gasteiger partial charge in [0.25, 0.3) is 0 Å². The van der Waals surface area contributed by atoms with Gasteiger partial charge in [0.2, 0.25) is 5.91 Å². The van der Waals surface area contributed by atoms with Crippen molar-refractivity contribution in [2.45, 2.75) is 33.4 Å². The van der Waals surface area contributed by atoms with Crippen LogP contribution in [0.3, 0.4) is 0 Å². The van der Waals surface area contributed by atoms with Crippen molar-refractivity contribution in [1.82, 2.24) is 10.6 Å². The van der Waals surface area contributed by atoms with E-state index in [0.717, 1.165) is 11.5 Å². The van der Waals surface area contributed by atoms with Gasteiger partial charge < -0.3 is 9.73 Å². The van der Waals surface area contributed by atoms with Crippen LogP contribution in [0.1, 0.15) is 25.4 Å².